The third-order valence-corrected chi connectivity index (χ3v) is 1.96. The number of rotatable bonds is 2. The second kappa shape index (κ2) is 3.95. The monoisotopic (exact) mass is 217 g/mol. The van der Waals surface area contributed by atoms with Crippen molar-refractivity contribution >= 4 is 12.0 Å². The number of nitrogens with zero attached hydrogens (tertiary/aromatic N) is 1. The van der Waals surface area contributed by atoms with E-state index in [0.29, 0.717) is 17.1 Å². The van der Waals surface area contributed by atoms with Crippen molar-refractivity contribution in [2.24, 2.45) is 0 Å². The second-order valence-corrected chi connectivity index (χ2v) is 3.07. The van der Waals surface area contributed by atoms with Crippen molar-refractivity contribution in [3.63, 3.8) is 0 Å². The van der Waals surface area contributed by atoms with Crippen LogP contribution in [0.5, 0.6) is 11.5 Å². The highest BCUT2D eigenvalue weighted by molar-refractivity contribution is 5.85. The lowest BCUT2D eigenvalue weighted by atomic mass is 10.2. The molecular formula is C11H7NO4. The van der Waals surface area contributed by atoms with Gasteiger partial charge in [0, 0.05) is 6.08 Å². The number of fused-ring (bicyclic) bond motifs is 1. The minimum atomic E-state index is -1.02. The van der Waals surface area contributed by atoms with E-state index in [-0.39, 0.29) is 0 Å². The summed E-state index contributed by atoms with van der Waals surface area (Å²) in [6.07, 6.45) is 1.54. The van der Waals surface area contributed by atoms with Crippen LogP contribution < -0.4 is 9.47 Å². The summed E-state index contributed by atoms with van der Waals surface area (Å²) in [6, 6.07) is 6.76. The van der Waals surface area contributed by atoms with E-state index < -0.39 is 12.3 Å². The Kier molecular flexibility index (Phi) is 2.48. The van der Waals surface area contributed by atoms with Gasteiger partial charge in [-0.15, -0.1) is 0 Å². The van der Waals surface area contributed by atoms with Crippen molar-refractivity contribution in [2.75, 3.05) is 0 Å². The van der Waals surface area contributed by atoms with Crippen LogP contribution in [0, 0.1) is 11.3 Å². The van der Waals surface area contributed by atoms with E-state index in [2.05, 4.69) is 0 Å². The molecule has 1 aromatic carbocycles. The fourth-order valence-corrected chi connectivity index (χ4v) is 1.29. The first-order valence-electron chi connectivity index (χ1n) is 4.47. The van der Waals surface area contributed by atoms with Crippen LogP contribution in [0.3, 0.4) is 0 Å². The van der Waals surface area contributed by atoms with Crippen molar-refractivity contribution in [3.8, 4) is 17.6 Å². The Balaban J connectivity index is 2.23. The van der Waals surface area contributed by atoms with E-state index in [1.807, 2.05) is 6.07 Å². The van der Waals surface area contributed by atoms with Gasteiger partial charge >= 0.3 is 12.3 Å². The molecule has 0 fully saturated rings. The van der Waals surface area contributed by atoms with E-state index in [0.717, 1.165) is 6.08 Å². The van der Waals surface area contributed by atoms with Gasteiger partial charge in [-0.05, 0) is 23.8 Å². The molecule has 1 aromatic rings. The van der Waals surface area contributed by atoms with Crippen LogP contribution in [-0.2, 0) is 4.79 Å². The predicted octanol–water partition coefficient (Wildman–Crippen LogP) is 1.41. The predicted molar refractivity (Wildman–Crippen MR) is 53.8 cm³/mol. The minimum Gasteiger partial charge on any atom is -0.478 e. The third kappa shape index (κ3) is 1.96. The molecule has 80 valence electrons. The highest BCUT2D eigenvalue weighted by atomic mass is 16.7. The topological polar surface area (TPSA) is 79.5 Å². The molecule has 2 rings (SSSR count). The second-order valence-electron chi connectivity index (χ2n) is 3.07. The Morgan fingerprint density at radius 2 is 2.19 bits per heavy atom. The number of carboxylic acid groups (broad SMARTS) is 1. The number of benzene rings is 1. The third-order valence-electron chi connectivity index (χ3n) is 1.96. The first kappa shape index (κ1) is 10.1. The smallest absolute Gasteiger partial charge is 0.331 e. The summed E-state index contributed by atoms with van der Waals surface area (Å²) in [7, 11) is 0. The van der Waals surface area contributed by atoms with Crippen LogP contribution in [-0.4, -0.2) is 17.4 Å². The Bertz CT molecular complexity index is 501. The summed E-state index contributed by atoms with van der Waals surface area (Å²) >= 11 is 0. The first-order chi connectivity index (χ1) is 7.69. The number of hydrogen-bond donors (Lipinski definition) is 1. The Morgan fingerprint density at radius 3 is 2.88 bits per heavy atom. The number of aliphatic carboxylic acids is 1. The van der Waals surface area contributed by atoms with Gasteiger partial charge in [-0.1, -0.05) is 6.07 Å². The van der Waals surface area contributed by atoms with Crippen LogP contribution in [0.1, 0.15) is 5.56 Å². The summed E-state index contributed by atoms with van der Waals surface area (Å²) in [5.41, 5.74) is 0.670. The molecule has 0 bridgehead atoms. The minimum absolute atomic E-state index is 0.444. The normalized spacial score (nSPS) is 17.3. The molecule has 1 heterocycles. The quantitative estimate of drug-likeness (QED) is 0.757. The molecule has 16 heavy (non-hydrogen) atoms. The number of nitriles is 1. The fraction of sp³-hybridized carbons (Fsp3) is 0.0909. The Hall–Kier alpha value is -2.48. The van der Waals surface area contributed by atoms with Crippen molar-refractivity contribution in [1.29, 1.82) is 5.26 Å². The molecule has 1 atom stereocenters. The lowest BCUT2D eigenvalue weighted by Gasteiger charge is -1.97. The Labute approximate surface area is 91.1 Å². The van der Waals surface area contributed by atoms with Crippen LogP contribution >= 0.6 is 0 Å². The zero-order valence-electron chi connectivity index (χ0n) is 8.08. The first-order valence-corrected chi connectivity index (χ1v) is 4.47. The van der Waals surface area contributed by atoms with E-state index in [1.165, 1.54) is 6.08 Å². The summed E-state index contributed by atoms with van der Waals surface area (Å²) in [4.78, 5) is 10.3. The molecule has 1 aliphatic rings. The molecule has 1 unspecified atom stereocenters. The van der Waals surface area contributed by atoms with Gasteiger partial charge in [0.2, 0.25) is 0 Å². The van der Waals surface area contributed by atoms with E-state index in [1.54, 1.807) is 18.2 Å². The average molecular weight is 217 g/mol. The molecule has 0 amide bonds. The molecule has 0 aromatic heterocycles. The summed E-state index contributed by atoms with van der Waals surface area (Å²) in [5, 5.41) is 17.1. The molecule has 1 N–H and O–H groups in total. The van der Waals surface area contributed by atoms with Gasteiger partial charge in [-0.2, -0.15) is 5.26 Å². The van der Waals surface area contributed by atoms with Gasteiger partial charge < -0.3 is 14.6 Å². The maximum atomic E-state index is 10.3. The van der Waals surface area contributed by atoms with Gasteiger partial charge in [0.1, 0.15) is 0 Å². The summed E-state index contributed by atoms with van der Waals surface area (Å²) < 4.78 is 10.3. The molecule has 0 saturated heterocycles. The van der Waals surface area contributed by atoms with Crippen molar-refractivity contribution < 1.29 is 19.4 Å². The lowest BCUT2D eigenvalue weighted by Crippen LogP contribution is -2.14. The number of carboxylic acids is 1. The average Bonchev–Trinajstić information content (AvgIpc) is 2.68. The molecule has 0 saturated carbocycles. The maximum absolute atomic E-state index is 10.3. The molecule has 5 nitrogen and oxygen atoms in total. The van der Waals surface area contributed by atoms with Gasteiger partial charge in [-0.25, -0.2) is 4.79 Å². The van der Waals surface area contributed by atoms with Crippen LogP contribution in [0.2, 0.25) is 0 Å². The largest absolute Gasteiger partial charge is 0.478 e. The molecule has 0 spiro atoms. The van der Waals surface area contributed by atoms with Crippen molar-refractivity contribution in [2.45, 2.75) is 6.29 Å². The maximum Gasteiger partial charge on any atom is 0.331 e. The number of carbonyl (C=O) groups is 1. The number of ether oxygens (including phenoxy) is 2. The van der Waals surface area contributed by atoms with Gasteiger partial charge in [0.05, 0.1) is 0 Å². The van der Waals surface area contributed by atoms with Crippen LogP contribution in [0.25, 0.3) is 6.08 Å². The molecule has 0 radical (unpaired) electrons. The SMILES string of the molecule is N#CC1Oc2ccc(/C=C/C(=O)O)cc2O1. The highest BCUT2D eigenvalue weighted by Crippen LogP contribution is 2.35. The van der Waals surface area contributed by atoms with Crippen molar-refractivity contribution in [1.82, 2.24) is 0 Å². The summed E-state index contributed by atoms with van der Waals surface area (Å²) in [5.74, 6) is -0.0920. The standard InChI is InChI=1S/C11H7NO4/c12-6-11-15-8-3-1-7(2-4-10(13)14)5-9(8)16-11/h1-5,11H,(H,13,14)/b4-2+. The highest BCUT2D eigenvalue weighted by Gasteiger charge is 2.23. The fourth-order valence-electron chi connectivity index (χ4n) is 1.29. The molecule has 5 heteroatoms. The van der Waals surface area contributed by atoms with E-state index in [4.69, 9.17) is 19.8 Å². The molecule has 1 aliphatic heterocycles. The van der Waals surface area contributed by atoms with Gasteiger partial charge in [0.15, 0.2) is 17.6 Å². The number of hydrogen-bond acceptors (Lipinski definition) is 4. The zero-order chi connectivity index (χ0) is 11.5. The molecule has 0 aliphatic carbocycles. The Morgan fingerprint density at radius 1 is 1.44 bits per heavy atom. The van der Waals surface area contributed by atoms with E-state index >= 15 is 0 Å². The van der Waals surface area contributed by atoms with E-state index in [9.17, 15) is 4.79 Å². The van der Waals surface area contributed by atoms with Gasteiger partial charge in [-0.3, -0.25) is 0 Å². The van der Waals surface area contributed by atoms with Crippen LogP contribution in [0.15, 0.2) is 24.3 Å². The summed E-state index contributed by atoms with van der Waals surface area (Å²) in [6.45, 7) is 0. The van der Waals surface area contributed by atoms with Gasteiger partial charge in [0.25, 0.3) is 0 Å². The zero-order valence-corrected chi connectivity index (χ0v) is 8.08. The van der Waals surface area contributed by atoms with Crippen molar-refractivity contribution in [3.05, 3.63) is 29.8 Å². The lowest BCUT2D eigenvalue weighted by molar-refractivity contribution is -0.131. The van der Waals surface area contributed by atoms with Crippen LogP contribution in [0.4, 0.5) is 0 Å². The molecular weight excluding hydrogens is 210 g/mol.